The average molecular weight is 267 g/mol. The zero-order valence-corrected chi connectivity index (χ0v) is 11.4. The quantitative estimate of drug-likeness (QED) is 0.892. The Hall–Kier alpha value is -1.02. The first-order valence-electron chi connectivity index (χ1n) is 6.50. The lowest BCUT2D eigenvalue weighted by Crippen LogP contribution is -2.38. The largest absolute Gasteiger partial charge is 0.481 e. The third kappa shape index (κ3) is 2.69. The van der Waals surface area contributed by atoms with Gasteiger partial charge in [-0.3, -0.25) is 4.79 Å². The van der Waals surface area contributed by atoms with Crippen LogP contribution in [0.3, 0.4) is 0 Å². The highest BCUT2D eigenvalue weighted by molar-refractivity contribution is 6.31. The van der Waals surface area contributed by atoms with Crippen LogP contribution in [0.4, 0.5) is 0 Å². The zero-order valence-electron chi connectivity index (χ0n) is 10.7. The zero-order chi connectivity index (χ0) is 13.2. The summed E-state index contributed by atoms with van der Waals surface area (Å²) >= 11 is 6.15. The van der Waals surface area contributed by atoms with Gasteiger partial charge in [0.1, 0.15) is 0 Å². The van der Waals surface area contributed by atoms with E-state index in [1.54, 1.807) is 0 Å². The monoisotopic (exact) mass is 266 g/mol. The molecule has 2 atom stereocenters. The molecular weight excluding hydrogens is 248 g/mol. The molecule has 0 aromatic heterocycles. The maximum absolute atomic E-state index is 11.7. The Morgan fingerprint density at radius 3 is 2.83 bits per heavy atom. The Kier molecular flexibility index (Phi) is 3.96. The molecule has 1 fully saturated rings. The molecule has 2 unspecified atom stereocenters. The van der Waals surface area contributed by atoms with Crippen LogP contribution in [0, 0.1) is 11.3 Å². The minimum atomic E-state index is -0.672. The van der Waals surface area contributed by atoms with E-state index in [1.165, 1.54) is 0 Å². The third-order valence-electron chi connectivity index (χ3n) is 4.03. The SMILES string of the molecule is CC1CCCC(Cc2ccccc2Cl)(C(=O)O)C1. The van der Waals surface area contributed by atoms with Crippen LogP contribution in [-0.2, 0) is 11.2 Å². The first-order valence-corrected chi connectivity index (χ1v) is 6.88. The molecular formula is C15H19ClO2. The van der Waals surface area contributed by atoms with E-state index in [-0.39, 0.29) is 0 Å². The Bertz CT molecular complexity index is 444. The molecule has 1 aliphatic carbocycles. The third-order valence-corrected chi connectivity index (χ3v) is 4.40. The standard InChI is InChI=1S/C15H19ClO2/c1-11-5-4-8-15(9-11,14(17)18)10-12-6-2-3-7-13(12)16/h2-3,6-7,11H,4-5,8-10H2,1H3,(H,17,18). The van der Waals surface area contributed by atoms with Crippen LogP contribution < -0.4 is 0 Å². The molecule has 1 aromatic rings. The Balaban J connectivity index is 2.26. The molecule has 0 spiro atoms. The van der Waals surface area contributed by atoms with Crippen LogP contribution in [0.2, 0.25) is 5.02 Å². The molecule has 2 rings (SSSR count). The van der Waals surface area contributed by atoms with Crippen molar-refractivity contribution in [2.45, 2.75) is 39.0 Å². The molecule has 3 heteroatoms. The van der Waals surface area contributed by atoms with Gasteiger partial charge in [0, 0.05) is 5.02 Å². The van der Waals surface area contributed by atoms with Crippen molar-refractivity contribution in [3.05, 3.63) is 34.9 Å². The smallest absolute Gasteiger partial charge is 0.309 e. The summed E-state index contributed by atoms with van der Waals surface area (Å²) < 4.78 is 0. The summed E-state index contributed by atoms with van der Waals surface area (Å²) in [5, 5.41) is 10.3. The molecule has 1 aromatic carbocycles. The van der Waals surface area contributed by atoms with Crippen LogP contribution in [-0.4, -0.2) is 11.1 Å². The number of aliphatic carboxylic acids is 1. The Morgan fingerprint density at radius 2 is 2.22 bits per heavy atom. The maximum atomic E-state index is 11.7. The fourth-order valence-electron chi connectivity index (χ4n) is 3.10. The number of benzene rings is 1. The van der Waals surface area contributed by atoms with E-state index in [9.17, 15) is 9.90 Å². The number of carbonyl (C=O) groups is 1. The van der Waals surface area contributed by atoms with Crippen molar-refractivity contribution in [1.29, 1.82) is 0 Å². The fraction of sp³-hybridized carbons (Fsp3) is 0.533. The highest BCUT2D eigenvalue weighted by Gasteiger charge is 2.42. The number of hydrogen-bond acceptors (Lipinski definition) is 1. The van der Waals surface area contributed by atoms with Crippen LogP contribution in [0.5, 0.6) is 0 Å². The molecule has 0 heterocycles. The second-order valence-corrected chi connectivity index (χ2v) is 5.96. The molecule has 0 aliphatic heterocycles. The lowest BCUT2D eigenvalue weighted by atomic mass is 9.67. The molecule has 1 saturated carbocycles. The van der Waals surface area contributed by atoms with Crippen molar-refractivity contribution in [3.63, 3.8) is 0 Å². The molecule has 1 N–H and O–H groups in total. The maximum Gasteiger partial charge on any atom is 0.309 e. The van der Waals surface area contributed by atoms with Crippen molar-refractivity contribution in [1.82, 2.24) is 0 Å². The second kappa shape index (κ2) is 5.31. The van der Waals surface area contributed by atoms with Crippen LogP contribution in [0.25, 0.3) is 0 Å². The van der Waals surface area contributed by atoms with Crippen molar-refractivity contribution in [2.24, 2.45) is 11.3 Å². The predicted molar refractivity (Wildman–Crippen MR) is 72.9 cm³/mol. The topological polar surface area (TPSA) is 37.3 Å². The molecule has 0 saturated heterocycles. The summed E-state index contributed by atoms with van der Waals surface area (Å²) in [6.45, 7) is 2.14. The van der Waals surface area contributed by atoms with Crippen molar-refractivity contribution < 1.29 is 9.90 Å². The van der Waals surface area contributed by atoms with Crippen molar-refractivity contribution in [3.8, 4) is 0 Å². The summed E-state index contributed by atoms with van der Waals surface area (Å²) in [6, 6.07) is 7.57. The number of carboxylic acids is 1. The molecule has 0 amide bonds. The van der Waals surface area contributed by atoms with Gasteiger partial charge in [0.2, 0.25) is 0 Å². The summed E-state index contributed by atoms with van der Waals surface area (Å²) in [7, 11) is 0. The van der Waals surface area contributed by atoms with Gasteiger partial charge < -0.3 is 5.11 Å². The van der Waals surface area contributed by atoms with Gasteiger partial charge in [0.05, 0.1) is 5.41 Å². The summed E-state index contributed by atoms with van der Waals surface area (Å²) in [5.74, 6) is -0.189. The minimum Gasteiger partial charge on any atom is -0.481 e. The number of rotatable bonds is 3. The normalized spacial score (nSPS) is 28.0. The lowest BCUT2D eigenvalue weighted by molar-refractivity contribution is -0.152. The number of hydrogen-bond donors (Lipinski definition) is 1. The van der Waals surface area contributed by atoms with Gasteiger partial charge in [-0.1, -0.05) is 49.6 Å². The predicted octanol–water partition coefficient (Wildman–Crippen LogP) is 4.16. The van der Waals surface area contributed by atoms with Crippen LogP contribution >= 0.6 is 11.6 Å². The molecule has 2 nitrogen and oxygen atoms in total. The molecule has 0 radical (unpaired) electrons. The first-order chi connectivity index (χ1) is 8.53. The Labute approximate surface area is 113 Å². The number of carboxylic acid groups (broad SMARTS) is 1. The second-order valence-electron chi connectivity index (χ2n) is 5.56. The average Bonchev–Trinajstić information content (AvgIpc) is 2.32. The minimum absolute atomic E-state index is 0.484. The van der Waals surface area contributed by atoms with E-state index in [4.69, 9.17) is 11.6 Å². The van der Waals surface area contributed by atoms with E-state index in [1.807, 2.05) is 24.3 Å². The lowest BCUT2D eigenvalue weighted by Gasteiger charge is -2.36. The van der Waals surface area contributed by atoms with Crippen molar-refractivity contribution >= 4 is 17.6 Å². The van der Waals surface area contributed by atoms with E-state index in [0.29, 0.717) is 17.4 Å². The molecule has 98 valence electrons. The van der Waals surface area contributed by atoms with Gasteiger partial charge in [0.25, 0.3) is 0 Å². The van der Waals surface area contributed by atoms with E-state index in [2.05, 4.69) is 6.92 Å². The van der Waals surface area contributed by atoms with E-state index in [0.717, 1.165) is 31.2 Å². The van der Waals surface area contributed by atoms with Gasteiger partial charge in [0.15, 0.2) is 0 Å². The molecule has 1 aliphatic rings. The van der Waals surface area contributed by atoms with Gasteiger partial charge in [-0.2, -0.15) is 0 Å². The highest BCUT2D eigenvalue weighted by atomic mass is 35.5. The fourth-order valence-corrected chi connectivity index (χ4v) is 3.30. The first kappa shape index (κ1) is 13.4. The summed E-state index contributed by atoms with van der Waals surface area (Å²) in [6.07, 6.45) is 4.20. The summed E-state index contributed by atoms with van der Waals surface area (Å²) in [4.78, 5) is 11.7. The Morgan fingerprint density at radius 1 is 1.50 bits per heavy atom. The van der Waals surface area contributed by atoms with E-state index >= 15 is 0 Å². The molecule has 0 bridgehead atoms. The van der Waals surface area contributed by atoms with E-state index < -0.39 is 11.4 Å². The van der Waals surface area contributed by atoms with Crippen LogP contribution in [0.1, 0.15) is 38.2 Å². The van der Waals surface area contributed by atoms with Crippen LogP contribution in [0.15, 0.2) is 24.3 Å². The van der Waals surface area contributed by atoms with Gasteiger partial charge >= 0.3 is 5.97 Å². The summed E-state index contributed by atoms with van der Waals surface area (Å²) in [5.41, 5.74) is 0.332. The molecule has 18 heavy (non-hydrogen) atoms. The highest BCUT2D eigenvalue weighted by Crippen LogP contribution is 2.43. The van der Waals surface area contributed by atoms with Gasteiger partial charge in [-0.25, -0.2) is 0 Å². The number of halogens is 1. The van der Waals surface area contributed by atoms with Crippen molar-refractivity contribution in [2.75, 3.05) is 0 Å². The van der Waals surface area contributed by atoms with Gasteiger partial charge in [-0.15, -0.1) is 0 Å². The van der Waals surface area contributed by atoms with Gasteiger partial charge in [-0.05, 0) is 36.8 Å².